The zero-order valence-corrected chi connectivity index (χ0v) is 29.7. The molecule has 0 aliphatic carbocycles. The number of carboxylic acid groups (broad SMARTS) is 1. The molecule has 0 heterocycles. The fraction of sp³-hybridized carbons (Fsp3) is 0.357. The monoisotopic (exact) mass is 696 g/mol. The van der Waals surface area contributed by atoms with Crippen molar-refractivity contribution in [3.63, 3.8) is 0 Å². The fourth-order valence-electron chi connectivity index (χ4n) is 5.27. The molecule has 0 atom stereocenters. The summed E-state index contributed by atoms with van der Waals surface area (Å²) in [5.74, 6) is 0.726. The van der Waals surface area contributed by atoms with Gasteiger partial charge >= 0.3 is 18.1 Å². The first-order valence-corrected chi connectivity index (χ1v) is 17.5. The van der Waals surface area contributed by atoms with Gasteiger partial charge in [-0.05, 0) is 90.6 Å². The Labute approximate surface area is 300 Å². The van der Waals surface area contributed by atoms with Gasteiger partial charge in [-0.15, -0.1) is 0 Å². The Balaban J connectivity index is 1.04. The number of rotatable bonds is 19. The van der Waals surface area contributed by atoms with Crippen LogP contribution >= 0.6 is 0 Å². The quantitative estimate of drug-likeness (QED) is 0.0442. The number of benzene rings is 4. The van der Waals surface area contributed by atoms with Gasteiger partial charge in [0.15, 0.2) is 0 Å². The molecule has 0 saturated carbocycles. The van der Waals surface area contributed by atoms with E-state index in [1.807, 2.05) is 63.2 Å². The lowest BCUT2D eigenvalue weighted by Gasteiger charge is -2.23. The molecule has 0 radical (unpaired) electrons. The third-order valence-electron chi connectivity index (χ3n) is 8.13. The molecule has 0 aromatic heterocycles. The Morgan fingerprint density at radius 1 is 0.588 bits per heavy atom. The minimum absolute atomic E-state index is 0.108. The number of ether oxygens (including phenoxy) is 5. The summed E-state index contributed by atoms with van der Waals surface area (Å²) in [5.41, 5.74) is 1.84. The minimum Gasteiger partial charge on any atom is -0.494 e. The summed E-state index contributed by atoms with van der Waals surface area (Å²) in [6.45, 7) is 7.55. The van der Waals surface area contributed by atoms with Gasteiger partial charge in [0, 0.05) is 5.56 Å². The fourth-order valence-corrected chi connectivity index (χ4v) is 5.27. The maximum Gasteiger partial charge on any atom is 0.514 e. The van der Waals surface area contributed by atoms with Crippen LogP contribution in [0.25, 0.3) is 0 Å². The Morgan fingerprint density at radius 2 is 1.12 bits per heavy atom. The van der Waals surface area contributed by atoms with Crippen LogP contribution in [0.2, 0.25) is 0 Å². The molecule has 0 amide bonds. The first-order chi connectivity index (χ1) is 24.6. The Morgan fingerprint density at radius 3 is 1.71 bits per heavy atom. The third kappa shape index (κ3) is 13.5. The van der Waals surface area contributed by atoms with Crippen LogP contribution in [0.5, 0.6) is 23.0 Å². The first-order valence-electron chi connectivity index (χ1n) is 17.5. The van der Waals surface area contributed by atoms with Crippen molar-refractivity contribution in [3.05, 3.63) is 119 Å². The van der Waals surface area contributed by atoms with Crippen LogP contribution in [0.3, 0.4) is 0 Å². The molecule has 0 saturated heterocycles. The molecule has 0 aliphatic rings. The number of hydrogen-bond acceptors (Lipinski definition) is 8. The highest BCUT2D eigenvalue weighted by atomic mass is 16.7. The van der Waals surface area contributed by atoms with E-state index in [-0.39, 0.29) is 23.1 Å². The van der Waals surface area contributed by atoms with E-state index in [0.717, 1.165) is 61.2 Å². The van der Waals surface area contributed by atoms with E-state index < -0.39 is 18.1 Å². The van der Waals surface area contributed by atoms with Gasteiger partial charge in [-0.25, -0.2) is 14.4 Å². The summed E-state index contributed by atoms with van der Waals surface area (Å²) in [7, 11) is 0. The van der Waals surface area contributed by atoms with E-state index in [0.29, 0.717) is 24.7 Å². The SMILES string of the molecule is CC(C)(C)c1cc(OCCCCCCCCCCOc2ccc(OC(=O)OCc3ccccc3)cc2)ccc1OC(=O)c1ccc(C(=O)O)cc1. The molecule has 0 unspecified atom stereocenters. The Bertz CT molecular complexity index is 1670. The highest BCUT2D eigenvalue weighted by molar-refractivity contribution is 5.93. The van der Waals surface area contributed by atoms with Gasteiger partial charge in [0.25, 0.3) is 0 Å². The highest BCUT2D eigenvalue weighted by Crippen LogP contribution is 2.35. The Kier molecular flexibility index (Phi) is 14.9. The number of aromatic carboxylic acids is 1. The molecular weight excluding hydrogens is 648 g/mol. The molecule has 0 bridgehead atoms. The maximum atomic E-state index is 12.8. The predicted octanol–water partition coefficient (Wildman–Crippen LogP) is 10.2. The molecule has 1 N–H and O–H groups in total. The summed E-state index contributed by atoms with van der Waals surface area (Å²) in [5, 5.41) is 9.09. The number of carbonyl (C=O) groups is 3. The zero-order valence-electron chi connectivity index (χ0n) is 29.7. The molecule has 9 nitrogen and oxygen atoms in total. The van der Waals surface area contributed by atoms with Gasteiger partial charge in [-0.1, -0.05) is 89.6 Å². The van der Waals surface area contributed by atoms with Gasteiger partial charge in [-0.3, -0.25) is 0 Å². The van der Waals surface area contributed by atoms with Crippen LogP contribution in [0.4, 0.5) is 4.79 Å². The second-order valence-corrected chi connectivity index (χ2v) is 13.3. The summed E-state index contributed by atoms with van der Waals surface area (Å²) in [6, 6.07) is 27.6. The van der Waals surface area contributed by atoms with Crippen molar-refractivity contribution in [3.8, 4) is 23.0 Å². The highest BCUT2D eigenvalue weighted by Gasteiger charge is 2.22. The normalized spacial score (nSPS) is 11.0. The lowest BCUT2D eigenvalue weighted by atomic mass is 9.86. The summed E-state index contributed by atoms with van der Waals surface area (Å²) < 4.78 is 28.0. The molecule has 0 fully saturated rings. The number of esters is 1. The van der Waals surface area contributed by atoms with Gasteiger partial charge in [-0.2, -0.15) is 0 Å². The van der Waals surface area contributed by atoms with Crippen molar-refractivity contribution >= 4 is 18.1 Å². The molecule has 0 aliphatic heterocycles. The van der Waals surface area contributed by atoms with Gasteiger partial charge < -0.3 is 28.8 Å². The molecule has 4 aromatic carbocycles. The van der Waals surface area contributed by atoms with Crippen molar-refractivity contribution in [2.24, 2.45) is 0 Å². The number of carboxylic acids is 1. The van der Waals surface area contributed by atoms with Crippen molar-refractivity contribution in [2.45, 2.75) is 84.2 Å². The number of carbonyl (C=O) groups excluding carboxylic acids is 2. The largest absolute Gasteiger partial charge is 0.514 e. The van der Waals surface area contributed by atoms with Crippen LogP contribution in [0.1, 0.15) is 104 Å². The van der Waals surface area contributed by atoms with Crippen molar-refractivity contribution in [1.82, 2.24) is 0 Å². The van der Waals surface area contributed by atoms with Crippen LogP contribution in [0.15, 0.2) is 97.1 Å². The maximum absolute atomic E-state index is 12.8. The molecular formula is C42H48O9. The molecule has 4 rings (SSSR count). The second-order valence-electron chi connectivity index (χ2n) is 13.3. The number of hydrogen-bond donors (Lipinski definition) is 1. The van der Waals surface area contributed by atoms with E-state index in [9.17, 15) is 14.4 Å². The number of unbranched alkanes of at least 4 members (excludes halogenated alkanes) is 7. The molecule has 4 aromatic rings. The smallest absolute Gasteiger partial charge is 0.494 e. The summed E-state index contributed by atoms with van der Waals surface area (Å²) >= 11 is 0. The van der Waals surface area contributed by atoms with Crippen molar-refractivity contribution in [2.75, 3.05) is 13.2 Å². The average Bonchev–Trinajstić information content (AvgIpc) is 3.12. The lowest BCUT2D eigenvalue weighted by molar-refractivity contribution is 0.0691. The Hall–Kier alpha value is -5.31. The molecule has 9 heteroatoms. The molecule has 51 heavy (non-hydrogen) atoms. The predicted molar refractivity (Wildman–Crippen MR) is 195 cm³/mol. The van der Waals surface area contributed by atoms with Crippen LogP contribution < -0.4 is 18.9 Å². The van der Waals surface area contributed by atoms with E-state index in [1.165, 1.54) is 37.1 Å². The average molecular weight is 697 g/mol. The summed E-state index contributed by atoms with van der Waals surface area (Å²) in [6.07, 6.45) is 8.09. The van der Waals surface area contributed by atoms with Gasteiger partial charge in [0.05, 0.1) is 24.3 Å². The van der Waals surface area contributed by atoms with Gasteiger partial charge in [0.2, 0.25) is 0 Å². The minimum atomic E-state index is -1.05. The van der Waals surface area contributed by atoms with Gasteiger partial charge in [0.1, 0.15) is 29.6 Å². The third-order valence-corrected chi connectivity index (χ3v) is 8.13. The van der Waals surface area contributed by atoms with E-state index in [2.05, 4.69) is 0 Å². The zero-order chi connectivity index (χ0) is 36.5. The standard InChI is InChI=1S/C42H48O9/c1-42(2,3)37-29-36(25-26-38(37)51-40(45)33-19-17-32(18-20-33)39(43)44)48-28-14-9-7-5-4-6-8-13-27-47-34-21-23-35(24-22-34)50-41(46)49-30-31-15-11-10-12-16-31/h10-12,15-26,29H,4-9,13-14,27-28,30H2,1-3H3,(H,43,44). The van der Waals surface area contributed by atoms with E-state index in [4.69, 9.17) is 28.8 Å². The van der Waals surface area contributed by atoms with Crippen LogP contribution in [-0.2, 0) is 16.8 Å². The topological polar surface area (TPSA) is 118 Å². The van der Waals surface area contributed by atoms with E-state index >= 15 is 0 Å². The van der Waals surface area contributed by atoms with Crippen molar-refractivity contribution in [1.29, 1.82) is 0 Å². The molecule has 0 spiro atoms. The second kappa shape index (κ2) is 19.8. The van der Waals surface area contributed by atoms with E-state index in [1.54, 1.807) is 30.3 Å². The van der Waals surface area contributed by atoms with Crippen LogP contribution in [-0.4, -0.2) is 36.4 Å². The van der Waals surface area contributed by atoms with Crippen LogP contribution in [0, 0.1) is 0 Å². The van der Waals surface area contributed by atoms with Crippen molar-refractivity contribution < 1.29 is 43.2 Å². The lowest BCUT2D eigenvalue weighted by Crippen LogP contribution is -2.17. The summed E-state index contributed by atoms with van der Waals surface area (Å²) in [4.78, 5) is 35.8. The first kappa shape index (κ1) is 38.5. The molecule has 270 valence electrons.